The molecular formula is C19H28N2O4. The summed E-state index contributed by atoms with van der Waals surface area (Å²) in [5.74, 6) is -0.198. The van der Waals surface area contributed by atoms with Gasteiger partial charge in [-0.1, -0.05) is 19.1 Å². The number of rotatable bonds is 7. The van der Waals surface area contributed by atoms with Gasteiger partial charge in [0.1, 0.15) is 11.9 Å². The van der Waals surface area contributed by atoms with Gasteiger partial charge in [0.15, 0.2) is 0 Å². The lowest BCUT2D eigenvalue weighted by molar-refractivity contribution is -0.142. The maximum absolute atomic E-state index is 12.1. The second-order valence-corrected chi connectivity index (χ2v) is 6.71. The Labute approximate surface area is 149 Å². The van der Waals surface area contributed by atoms with Gasteiger partial charge in [-0.15, -0.1) is 0 Å². The van der Waals surface area contributed by atoms with Crippen LogP contribution in [-0.2, 0) is 4.79 Å². The smallest absolute Gasteiger partial charge is 0.315 e. The summed E-state index contributed by atoms with van der Waals surface area (Å²) in [7, 11) is 0. The number of hydrogen-bond acceptors (Lipinski definition) is 3. The third-order valence-corrected chi connectivity index (χ3v) is 4.65. The van der Waals surface area contributed by atoms with Crippen molar-refractivity contribution in [3.8, 4) is 5.75 Å². The van der Waals surface area contributed by atoms with Gasteiger partial charge < -0.3 is 20.5 Å². The standard InChI is InChI=1S/C19H28N2O4/c1-3-16(25-17-6-4-5-13(2)11-17)12-20-19(24)21-15-9-7-14(8-10-15)18(22)23/h4-6,11,14-16H,3,7-10,12H2,1-2H3,(H,22,23)(H2,20,21,24). The lowest BCUT2D eigenvalue weighted by atomic mass is 9.86. The van der Waals surface area contributed by atoms with Gasteiger partial charge in [-0.3, -0.25) is 4.79 Å². The molecule has 1 aliphatic carbocycles. The molecule has 2 rings (SSSR count). The molecule has 1 aliphatic rings. The first-order valence-electron chi connectivity index (χ1n) is 8.98. The van der Waals surface area contributed by atoms with Crippen LogP contribution in [0.1, 0.15) is 44.6 Å². The minimum atomic E-state index is -0.734. The Morgan fingerprint density at radius 2 is 2.00 bits per heavy atom. The van der Waals surface area contributed by atoms with E-state index in [4.69, 9.17) is 9.84 Å². The van der Waals surface area contributed by atoms with Crippen LogP contribution in [0.4, 0.5) is 4.79 Å². The van der Waals surface area contributed by atoms with Crippen LogP contribution in [0.5, 0.6) is 5.75 Å². The highest BCUT2D eigenvalue weighted by molar-refractivity contribution is 5.74. The first kappa shape index (κ1) is 19.1. The summed E-state index contributed by atoms with van der Waals surface area (Å²) in [6.45, 7) is 4.46. The molecule has 6 heteroatoms. The molecule has 6 nitrogen and oxygen atoms in total. The summed E-state index contributed by atoms with van der Waals surface area (Å²) in [5.41, 5.74) is 1.13. The van der Waals surface area contributed by atoms with Crippen molar-refractivity contribution in [1.29, 1.82) is 0 Å². The van der Waals surface area contributed by atoms with Gasteiger partial charge in [-0.05, 0) is 56.7 Å². The summed E-state index contributed by atoms with van der Waals surface area (Å²) in [5, 5.41) is 14.8. The van der Waals surface area contributed by atoms with Crippen molar-refractivity contribution in [3.05, 3.63) is 29.8 Å². The van der Waals surface area contributed by atoms with Crippen LogP contribution in [0.3, 0.4) is 0 Å². The molecule has 1 atom stereocenters. The van der Waals surface area contributed by atoms with Crippen LogP contribution in [0.15, 0.2) is 24.3 Å². The van der Waals surface area contributed by atoms with Crippen molar-refractivity contribution >= 4 is 12.0 Å². The van der Waals surface area contributed by atoms with Crippen molar-refractivity contribution in [2.75, 3.05) is 6.54 Å². The number of ether oxygens (including phenoxy) is 1. The second kappa shape index (κ2) is 9.30. The zero-order valence-electron chi connectivity index (χ0n) is 15.0. The Morgan fingerprint density at radius 1 is 1.28 bits per heavy atom. The summed E-state index contributed by atoms with van der Waals surface area (Å²) in [6, 6.07) is 7.68. The molecule has 1 unspecified atom stereocenters. The molecule has 0 radical (unpaired) electrons. The Hall–Kier alpha value is -2.24. The largest absolute Gasteiger partial charge is 0.489 e. The molecule has 0 saturated heterocycles. The number of aryl methyl sites for hydroxylation is 1. The molecule has 3 N–H and O–H groups in total. The van der Waals surface area contributed by atoms with Crippen molar-refractivity contribution in [2.24, 2.45) is 5.92 Å². The van der Waals surface area contributed by atoms with E-state index in [-0.39, 0.29) is 24.1 Å². The number of carboxylic acids is 1. The SMILES string of the molecule is CCC(CNC(=O)NC1CCC(C(=O)O)CC1)Oc1cccc(C)c1. The van der Waals surface area contributed by atoms with Gasteiger partial charge in [0.2, 0.25) is 0 Å². The minimum Gasteiger partial charge on any atom is -0.489 e. The molecule has 0 heterocycles. The fraction of sp³-hybridized carbons (Fsp3) is 0.579. The van der Waals surface area contributed by atoms with Crippen molar-refractivity contribution in [1.82, 2.24) is 10.6 Å². The average molecular weight is 348 g/mol. The zero-order valence-corrected chi connectivity index (χ0v) is 15.0. The number of nitrogens with one attached hydrogen (secondary N) is 2. The first-order chi connectivity index (χ1) is 12.0. The van der Waals surface area contributed by atoms with Crippen molar-refractivity contribution in [2.45, 2.75) is 58.1 Å². The Bertz CT molecular complexity index is 583. The van der Waals surface area contributed by atoms with Gasteiger partial charge in [-0.2, -0.15) is 0 Å². The monoisotopic (exact) mass is 348 g/mol. The number of aliphatic carboxylic acids is 1. The van der Waals surface area contributed by atoms with Crippen molar-refractivity contribution < 1.29 is 19.4 Å². The number of carbonyl (C=O) groups excluding carboxylic acids is 1. The number of urea groups is 1. The molecule has 1 aromatic rings. The molecule has 1 aromatic carbocycles. The summed E-state index contributed by atoms with van der Waals surface area (Å²) in [4.78, 5) is 23.0. The van der Waals surface area contributed by atoms with E-state index in [0.717, 1.165) is 17.7 Å². The minimum absolute atomic E-state index is 0.0494. The fourth-order valence-corrected chi connectivity index (χ4v) is 3.08. The normalized spacial score (nSPS) is 21.2. The Morgan fingerprint density at radius 3 is 2.60 bits per heavy atom. The molecule has 0 bridgehead atoms. The van der Waals surface area contributed by atoms with Crippen LogP contribution in [-0.4, -0.2) is 35.8 Å². The van der Waals surface area contributed by atoms with Crippen LogP contribution in [0, 0.1) is 12.8 Å². The van der Waals surface area contributed by atoms with Gasteiger partial charge >= 0.3 is 12.0 Å². The Balaban J connectivity index is 1.72. The van der Waals surface area contributed by atoms with Crippen LogP contribution >= 0.6 is 0 Å². The van der Waals surface area contributed by atoms with Gasteiger partial charge in [0.25, 0.3) is 0 Å². The Kier molecular flexibility index (Phi) is 7.10. The number of carboxylic acid groups (broad SMARTS) is 1. The van der Waals surface area contributed by atoms with Crippen LogP contribution in [0.2, 0.25) is 0 Å². The quantitative estimate of drug-likeness (QED) is 0.706. The molecular weight excluding hydrogens is 320 g/mol. The summed E-state index contributed by atoms with van der Waals surface area (Å²) in [6.07, 6.45) is 3.36. The van der Waals surface area contributed by atoms with Gasteiger partial charge in [0.05, 0.1) is 12.5 Å². The third kappa shape index (κ3) is 6.29. The average Bonchev–Trinajstić information content (AvgIpc) is 2.59. The number of carbonyl (C=O) groups is 2. The fourth-order valence-electron chi connectivity index (χ4n) is 3.08. The van der Waals surface area contributed by atoms with Crippen LogP contribution < -0.4 is 15.4 Å². The lowest BCUT2D eigenvalue weighted by Gasteiger charge is -2.27. The molecule has 138 valence electrons. The number of hydrogen-bond donors (Lipinski definition) is 3. The third-order valence-electron chi connectivity index (χ3n) is 4.65. The van der Waals surface area contributed by atoms with Gasteiger partial charge in [-0.25, -0.2) is 4.79 Å². The summed E-state index contributed by atoms with van der Waals surface area (Å²) >= 11 is 0. The molecule has 1 saturated carbocycles. The predicted molar refractivity (Wildman–Crippen MR) is 95.8 cm³/mol. The molecule has 0 spiro atoms. The van der Waals surface area contributed by atoms with Crippen LogP contribution in [0.25, 0.3) is 0 Å². The second-order valence-electron chi connectivity index (χ2n) is 6.71. The molecule has 25 heavy (non-hydrogen) atoms. The van der Waals surface area contributed by atoms with E-state index in [1.807, 2.05) is 38.1 Å². The number of benzene rings is 1. The topological polar surface area (TPSA) is 87.7 Å². The maximum atomic E-state index is 12.1. The van der Waals surface area contributed by atoms with E-state index in [1.54, 1.807) is 0 Å². The maximum Gasteiger partial charge on any atom is 0.315 e. The van der Waals surface area contributed by atoms with Crippen molar-refractivity contribution in [3.63, 3.8) is 0 Å². The lowest BCUT2D eigenvalue weighted by Crippen LogP contribution is -2.46. The highest BCUT2D eigenvalue weighted by Crippen LogP contribution is 2.24. The molecule has 0 aromatic heterocycles. The molecule has 2 amide bonds. The van der Waals surface area contributed by atoms with E-state index in [0.29, 0.717) is 32.2 Å². The summed E-state index contributed by atoms with van der Waals surface area (Å²) < 4.78 is 5.92. The molecule has 1 fully saturated rings. The highest BCUT2D eigenvalue weighted by Gasteiger charge is 2.26. The van der Waals surface area contributed by atoms with E-state index in [2.05, 4.69) is 10.6 Å². The molecule has 0 aliphatic heterocycles. The van der Waals surface area contributed by atoms with E-state index in [1.165, 1.54) is 0 Å². The van der Waals surface area contributed by atoms with E-state index in [9.17, 15) is 9.59 Å². The predicted octanol–water partition coefficient (Wildman–Crippen LogP) is 3.10. The van der Waals surface area contributed by atoms with E-state index < -0.39 is 5.97 Å². The van der Waals surface area contributed by atoms with E-state index >= 15 is 0 Å². The highest BCUT2D eigenvalue weighted by atomic mass is 16.5. The number of amides is 2. The first-order valence-corrected chi connectivity index (χ1v) is 8.98. The zero-order chi connectivity index (χ0) is 18.2. The van der Waals surface area contributed by atoms with Gasteiger partial charge in [0, 0.05) is 6.04 Å².